The van der Waals surface area contributed by atoms with Crippen molar-refractivity contribution in [3.05, 3.63) is 77.6 Å². The highest BCUT2D eigenvalue weighted by Crippen LogP contribution is 2.38. The van der Waals surface area contributed by atoms with Crippen LogP contribution >= 0.6 is 0 Å². The first-order chi connectivity index (χ1) is 21.1. The van der Waals surface area contributed by atoms with Crippen molar-refractivity contribution in [3.8, 4) is 5.75 Å². The summed E-state index contributed by atoms with van der Waals surface area (Å²) in [6, 6.07) is 14.0. The Morgan fingerprint density at radius 1 is 1.09 bits per heavy atom. The van der Waals surface area contributed by atoms with Crippen LogP contribution in [0.4, 0.5) is 10.6 Å². The van der Waals surface area contributed by atoms with Crippen molar-refractivity contribution < 1.29 is 17.1 Å². The number of amides is 2. The fraction of sp³-hybridized carbons (Fsp3) is 0.485. The predicted octanol–water partition coefficient (Wildman–Crippen LogP) is 6.33. The lowest BCUT2D eigenvalue weighted by molar-refractivity contribution is 0.171. The van der Waals surface area contributed by atoms with E-state index < -0.39 is 0 Å². The molecule has 0 spiro atoms. The second-order valence-electron chi connectivity index (χ2n) is 12.6. The first-order valence-corrected chi connectivity index (χ1v) is 15.3. The Bertz CT molecular complexity index is 1570. The summed E-state index contributed by atoms with van der Waals surface area (Å²) in [5.41, 5.74) is 3.49. The molecular formula is C33H48N8O3. The molecule has 1 aliphatic heterocycles. The van der Waals surface area contributed by atoms with E-state index in [1.165, 1.54) is 19.4 Å². The molecule has 1 aliphatic carbocycles. The summed E-state index contributed by atoms with van der Waals surface area (Å²) >= 11 is 0. The van der Waals surface area contributed by atoms with Crippen molar-refractivity contribution in [1.82, 2.24) is 34.8 Å². The number of likely N-dealkylation sites (tertiary alicyclic amines) is 1. The Kier molecular flexibility index (Phi) is 9.75. The maximum Gasteiger partial charge on any atom is 0.320 e. The van der Waals surface area contributed by atoms with Crippen LogP contribution in [0.5, 0.6) is 5.75 Å². The summed E-state index contributed by atoms with van der Waals surface area (Å²) in [6.45, 7) is 10.1. The van der Waals surface area contributed by atoms with Crippen molar-refractivity contribution in [1.29, 1.82) is 0 Å². The van der Waals surface area contributed by atoms with Gasteiger partial charge in [0.1, 0.15) is 30.6 Å². The Hall–Kier alpha value is -4.09. The first-order valence-electron chi connectivity index (χ1n) is 15.3. The second kappa shape index (κ2) is 13.7. The molecule has 1 aromatic carbocycles. The fourth-order valence-corrected chi connectivity index (χ4v) is 5.59. The minimum absolute atomic E-state index is 0. The van der Waals surface area contributed by atoms with Gasteiger partial charge in [0.2, 0.25) is 0 Å². The number of fused-ring (bicyclic) bond motifs is 2. The van der Waals surface area contributed by atoms with E-state index in [1.807, 2.05) is 47.0 Å². The number of carbonyl (C=O) groups excluding carboxylic acids is 1. The molecule has 4 heterocycles. The average Bonchev–Trinajstić information content (AvgIpc) is 3.62. The van der Waals surface area contributed by atoms with Gasteiger partial charge in [-0.25, -0.2) is 14.8 Å². The number of nitrogens with zero attached hydrogens (tertiary/aromatic N) is 6. The average molecular weight is 605 g/mol. The summed E-state index contributed by atoms with van der Waals surface area (Å²) in [7, 11) is 3.79. The number of ether oxygens (including phenoxy) is 2. The van der Waals surface area contributed by atoms with E-state index in [-0.39, 0.29) is 33.1 Å². The molecule has 0 bridgehead atoms. The van der Waals surface area contributed by atoms with Crippen LogP contribution < -0.4 is 15.4 Å². The molecule has 3 aromatic heterocycles. The van der Waals surface area contributed by atoms with Crippen molar-refractivity contribution >= 4 is 17.5 Å². The van der Waals surface area contributed by atoms with Gasteiger partial charge in [-0.05, 0) is 69.5 Å². The van der Waals surface area contributed by atoms with Crippen molar-refractivity contribution in [2.75, 3.05) is 26.0 Å². The smallest absolute Gasteiger partial charge is 0.320 e. The van der Waals surface area contributed by atoms with Crippen LogP contribution in [0.2, 0.25) is 0 Å². The van der Waals surface area contributed by atoms with E-state index in [1.54, 1.807) is 13.4 Å². The van der Waals surface area contributed by atoms with E-state index in [0.717, 1.165) is 47.1 Å². The largest absolute Gasteiger partial charge is 0.484 e. The quantitative estimate of drug-likeness (QED) is 0.262. The summed E-state index contributed by atoms with van der Waals surface area (Å²) < 4.78 is 13.4. The third-order valence-corrected chi connectivity index (χ3v) is 8.22. The van der Waals surface area contributed by atoms with Crippen LogP contribution in [-0.4, -0.2) is 62.2 Å². The van der Waals surface area contributed by atoms with Gasteiger partial charge < -0.3 is 19.7 Å². The number of rotatable bonds is 6. The summed E-state index contributed by atoms with van der Waals surface area (Å²) in [5.74, 6) is 1.71. The summed E-state index contributed by atoms with van der Waals surface area (Å²) in [6.07, 6.45) is 7.68. The fourth-order valence-electron chi connectivity index (χ4n) is 5.59. The lowest BCUT2D eigenvalue weighted by Gasteiger charge is -2.32. The van der Waals surface area contributed by atoms with Gasteiger partial charge in [0.15, 0.2) is 11.5 Å². The van der Waals surface area contributed by atoms with Crippen molar-refractivity contribution in [2.45, 2.75) is 83.6 Å². The topological polar surface area (TPSA) is 119 Å². The maximum atomic E-state index is 13.0. The highest BCUT2D eigenvalue weighted by Gasteiger charge is 2.30. The highest BCUT2D eigenvalue weighted by molar-refractivity contribution is 5.88. The molecule has 4 aromatic rings. The van der Waals surface area contributed by atoms with Gasteiger partial charge in [0.25, 0.3) is 0 Å². The van der Waals surface area contributed by atoms with Crippen LogP contribution in [0.3, 0.4) is 0 Å². The number of hydrogen-bond donors (Lipinski definition) is 2. The molecule has 3 atom stereocenters. The standard InChI is InChI=1S/C27H31N7O3.C6H13N.2H2/c1-27(2,3)22-13-23(31-24(30-22)15-36-4)32-26(35)29-20-10-11-21(19-8-6-5-7-18(19)20)37-17-9-12-25-33-28-16-34(25)14-17;1-6-4-3-5-7(6)2;;/h5-9,12-14,16,20-21H,10-11,15H2,1-4H3,(H2,29,30,31,32,35);6H,3-5H2,1-2H3;2*1H/t20-,21+;6-;;/m00../s1. The molecule has 6 rings (SSSR count). The normalized spacial score (nSPS) is 20.0. The van der Waals surface area contributed by atoms with Crippen LogP contribution in [0.1, 0.15) is 91.0 Å². The number of anilines is 1. The van der Waals surface area contributed by atoms with Crippen LogP contribution in [0, 0.1) is 0 Å². The number of urea groups is 1. The monoisotopic (exact) mass is 604 g/mol. The lowest BCUT2D eigenvalue weighted by Crippen LogP contribution is -2.36. The van der Waals surface area contributed by atoms with Gasteiger partial charge in [0.05, 0.1) is 17.9 Å². The predicted molar refractivity (Wildman–Crippen MR) is 174 cm³/mol. The van der Waals surface area contributed by atoms with E-state index in [4.69, 9.17) is 9.47 Å². The van der Waals surface area contributed by atoms with E-state index >= 15 is 0 Å². The Morgan fingerprint density at radius 2 is 1.89 bits per heavy atom. The number of aromatic nitrogens is 5. The van der Waals surface area contributed by atoms with Gasteiger partial charge >= 0.3 is 6.03 Å². The SMILES string of the molecule is COCc1nc(NC(=O)N[C@H]2CC[C@@H](Oc3ccc4nncn4c3)c3ccccc32)cc(C(C)(C)C)n1.C[C@H]1CCCN1C.[HH].[HH]. The minimum atomic E-state index is -0.320. The Balaban J connectivity index is 0.000000568. The van der Waals surface area contributed by atoms with Gasteiger partial charge in [0, 0.05) is 27.5 Å². The number of methoxy groups -OCH3 is 1. The van der Waals surface area contributed by atoms with Crippen LogP contribution in [0.15, 0.2) is 55.0 Å². The second-order valence-corrected chi connectivity index (χ2v) is 12.6. The minimum Gasteiger partial charge on any atom is -0.484 e. The Morgan fingerprint density at radius 3 is 2.57 bits per heavy atom. The highest BCUT2D eigenvalue weighted by atomic mass is 16.5. The van der Waals surface area contributed by atoms with Crippen LogP contribution in [-0.2, 0) is 16.8 Å². The van der Waals surface area contributed by atoms with Crippen molar-refractivity contribution in [3.63, 3.8) is 0 Å². The third kappa shape index (κ3) is 7.70. The third-order valence-electron chi connectivity index (χ3n) is 8.22. The van der Waals surface area contributed by atoms with E-state index in [9.17, 15) is 4.79 Å². The molecule has 11 nitrogen and oxygen atoms in total. The summed E-state index contributed by atoms with van der Waals surface area (Å²) in [4.78, 5) is 24.5. The molecule has 0 radical (unpaired) electrons. The summed E-state index contributed by atoms with van der Waals surface area (Å²) in [5, 5.41) is 14.0. The zero-order valence-electron chi connectivity index (χ0n) is 26.6. The zero-order chi connectivity index (χ0) is 31.3. The first kappa shape index (κ1) is 31.3. The number of carbonyl (C=O) groups is 1. The molecule has 238 valence electrons. The Labute approximate surface area is 262 Å². The molecule has 0 unspecified atom stereocenters. The molecule has 2 amide bonds. The van der Waals surface area contributed by atoms with Crippen molar-refractivity contribution in [2.24, 2.45) is 0 Å². The molecule has 11 heteroatoms. The molecule has 0 saturated carbocycles. The zero-order valence-corrected chi connectivity index (χ0v) is 26.6. The van der Waals surface area contributed by atoms with Gasteiger partial charge in [-0.2, -0.15) is 0 Å². The van der Waals surface area contributed by atoms with Crippen LogP contribution in [0.25, 0.3) is 5.65 Å². The van der Waals surface area contributed by atoms with Gasteiger partial charge in [-0.15, -0.1) is 10.2 Å². The number of pyridine rings is 1. The molecule has 1 saturated heterocycles. The number of nitrogens with one attached hydrogen (secondary N) is 2. The van der Waals surface area contributed by atoms with E-state index in [2.05, 4.69) is 76.5 Å². The maximum absolute atomic E-state index is 13.0. The number of hydrogen-bond acceptors (Lipinski definition) is 8. The van der Waals surface area contributed by atoms with Gasteiger partial charge in [-0.3, -0.25) is 9.72 Å². The van der Waals surface area contributed by atoms with E-state index in [0.29, 0.717) is 11.6 Å². The molecule has 44 heavy (non-hydrogen) atoms. The molecule has 1 fully saturated rings. The molecule has 2 aliphatic rings. The molecule has 2 N–H and O–H groups in total. The molecular weight excluding hydrogens is 556 g/mol. The number of benzene rings is 1. The lowest BCUT2D eigenvalue weighted by atomic mass is 9.85. The van der Waals surface area contributed by atoms with Gasteiger partial charge in [-0.1, -0.05) is 45.0 Å².